The van der Waals surface area contributed by atoms with Gasteiger partial charge in [0.25, 0.3) is 11.8 Å². The third-order valence-corrected chi connectivity index (χ3v) is 4.25. The van der Waals surface area contributed by atoms with E-state index < -0.39 is 0 Å². The lowest BCUT2D eigenvalue weighted by molar-refractivity contribution is -0.122. The number of hydrogen-bond acceptors (Lipinski definition) is 4. The topological polar surface area (TPSA) is 71.8 Å². The number of hydrogen-bond donors (Lipinski definition) is 1. The lowest BCUT2D eigenvalue weighted by atomic mass is 10.0. The molecule has 1 aliphatic rings. The van der Waals surface area contributed by atoms with Crippen molar-refractivity contribution in [1.82, 2.24) is 0 Å². The Morgan fingerprint density at radius 3 is 2.88 bits per heavy atom. The second-order valence-electron chi connectivity index (χ2n) is 5.48. The number of rotatable bonds is 4. The highest BCUT2D eigenvalue weighted by Crippen LogP contribution is 2.30. The number of nitrogens with one attached hydrogen (secondary N) is 1. The SMILES string of the molecule is COCC(=O)N1CCCc2ccc(NC(=O)c3ccc(Br)o3)cc21. The summed E-state index contributed by atoms with van der Waals surface area (Å²) in [6, 6.07) is 8.84. The Labute approximate surface area is 147 Å². The van der Waals surface area contributed by atoms with Crippen LogP contribution in [0.2, 0.25) is 0 Å². The molecule has 1 aromatic heterocycles. The number of nitrogens with zero attached hydrogens (tertiary/aromatic N) is 1. The van der Waals surface area contributed by atoms with Crippen LogP contribution < -0.4 is 10.2 Å². The van der Waals surface area contributed by atoms with Gasteiger partial charge in [0, 0.05) is 25.0 Å². The first kappa shape index (κ1) is 16.7. The summed E-state index contributed by atoms with van der Waals surface area (Å²) in [6.07, 6.45) is 1.82. The molecule has 2 heterocycles. The Bertz CT molecular complexity index is 772. The molecule has 0 spiro atoms. The molecular weight excluding hydrogens is 376 g/mol. The van der Waals surface area contributed by atoms with Crippen LogP contribution in [0.25, 0.3) is 0 Å². The second-order valence-corrected chi connectivity index (χ2v) is 6.26. The molecule has 0 saturated heterocycles. The predicted octanol–water partition coefficient (Wildman–Crippen LogP) is 3.22. The Hall–Kier alpha value is -2.12. The highest BCUT2D eigenvalue weighted by atomic mass is 79.9. The van der Waals surface area contributed by atoms with Crippen molar-refractivity contribution in [3.05, 3.63) is 46.3 Å². The van der Waals surface area contributed by atoms with Gasteiger partial charge < -0.3 is 19.4 Å². The van der Waals surface area contributed by atoms with E-state index in [0.29, 0.717) is 16.9 Å². The van der Waals surface area contributed by atoms with E-state index in [0.717, 1.165) is 24.1 Å². The molecule has 24 heavy (non-hydrogen) atoms. The molecule has 0 aliphatic carbocycles. The van der Waals surface area contributed by atoms with Gasteiger partial charge in [0.15, 0.2) is 10.4 Å². The predicted molar refractivity (Wildman–Crippen MR) is 93.4 cm³/mol. The van der Waals surface area contributed by atoms with Gasteiger partial charge in [-0.1, -0.05) is 6.07 Å². The first-order chi connectivity index (χ1) is 11.6. The van der Waals surface area contributed by atoms with E-state index in [1.54, 1.807) is 17.0 Å². The summed E-state index contributed by atoms with van der Waals surface area (Å²) < 4.78 is 10.7. The van der Waals surface area contributed by atoms with Gasteiger partial charge in [-0.15, -0.1) is 0 Å². The van der Waals surface area contributed by atoms with Crippen molar-refractivity contribution < 1.29 is 18.7 Å². The smallest absolute Gasteiger partial charge is 0.291 e. The van der Waals surface area contributed by atoms with Crippen molar-refractivity contribution in [2.45, 2.75) is 12.8 Å². The van der Waals surface area contributed by atoms with Crippen molar-refractivity contribution in [1.29, 1.82) is 0 Å². The van der Waals surface area contributed by atoms with Crippen molar-refractivity contribution >= 4 is 39.1 Å². The van der Waals surface area contributed by atoms with Gasteiger partial charge in [0.1, 0.15) is 6.61 Å². The molecule has 0 radical (unpaired) electrons. The minimum absolute atomic E-state index is 0.0381. The molecule has 2 aromatic rings. The molecule has 0 unspecified atom stereocenters. The maximum Gasteiger partial charge on any atom is 0.291 e. The van der Waals surface area contributed by atoms with Crippen LogP contribution >= 0.6 is 15.9 Å². The van der Waals surface area contributed by atoms with Crippen LogP contribution in [0, 0.1) is 0 Å². The molecule has 6 nitrogen and oxygen atoms in total. The summed E-state index contributed by atoms with van der Waals surface area (Å²) in [4.78, 5) is 26.1. The highest BCUT2D eigenvalue weighted by Gasteiger charge is 2.23. The number of halogens is 1. The van der Waals surface area contributed by atoms with E-state index in [4.69, 9.17) is 9.15 Å². The Kier molecular flexibility index (Phi) is 5.01. The number of benzene rings is 1. The van der Waals surface area contributed by atoms with Crippen LogP contribution in [0.15, 0.2) is 39.4 Å². The van der Waals surface area contributed by atoms with Crippen LogP contribution in [0.3, 0.4) is 0 Å². The molecule has 0 bridgehead atoms. The molecule has 3 rings (SSSR count). The van der Waals surface area contributed by atoms with Gasteiger partial charge in [-0.3, -0.25) is 9.59 Å². The van der Waals surface area contributed by atoms with Gasteiger partial charge in [-0.05, 0) is 58.6 Å². The van der Waals surface area contributed by atoms with Gasteiger partial charge >= 0.3 is 0 Å². The summed E-state index contributed by atoms with van der Waals surface area (Å²) in [5.41, 5.74) is 2.52. The number of carbonyl (C=O) groups is 2. The molecular formula is C17H17BrN2O4. The van der Waals surface area contributed by atoms with E-state index in [1.807, 2.05) is 18.2 Å². The number of carbonyl (C=O) groups excluding carboxylic acids is 2. The minimum atomic E-state index is -0.341. The number of anilines is 2. The van der Waals surface area contributed by atoms with E-state index in [2.05, 4.69) is 21.2 Å². The molecule has 126 valence electrons. The van der Waals surface area contributed by atoms with Gasteiger partial charge in [0.2, 0.25) is 0 Å². The van der Waals surface area contributed by atoms with Crippen molar-refractivity contribution in [3.8, 4) is 0 Å². The van der Waals surface area contributed by atoms with Crippen LogP contribution in [0.1, 0.15) is 22.5 Å². The van der Waals surface area contributed by atoms with E-state index in [1.165, 1.54) is 7.11 Å². The fourth-order valence-electron chi connectivity index (χ4n) is 2.74. The number of methoxy groups -OCH3 is 1. The average molecular weight is 393 g/mol. The Morgan fingerprint density at radius 2 is 2.17 bits per heavy atom. The Morgan fingerprint density at radius 1 is 1.33 bits per heavy atom. The quantitative estimate of drug-likeness (QED) is 0.866. The molecule has 2 amide bonds. The van der Waals surface area contributed by atoms with Crippen molar-refractivity contribution in [2.24, 2.45) is 0 Å². The summed E-state index contributed by atoms with van der Waals surface area (Å²) in [7, 11) is 1.50. The molecule has 0 atom stereocenters. The fraction of sp³-hybridized carbons (Fsp3) is 0.294. The monoisotopic (exact) mass is 392 g/mol. The van der Waals surface area contributed by atoms with Gasteiger partial charge in [-0.25, -0.2) is 0 Å². The van der Waals surface area contributed by atoms with Crippen LogP contribution in [-0.2, 0) is 16.0 Å². The molecule has 7 heteroatoms. The van der Waals surface area contributed by atoms with Crippen molar-refractivity contribution in [3.63, 3.8) is 0 Å². The van der Waals surface area contributed by atoms with E-state index >= 15 is 0 Å². The number of amides is 2. The highest BCUT2D eigenvalue weighted by molar-refractivity contribution is 9.10. The number of fused-ring (bicyclic) bond motifs is 1. The van der Waals surface area contributed by atoms with Crippen LogP contribution in [0.5, 0.6) is 0 Å². The standard InChI is InChI=1S/C17H17BrN2O4/c1-23-10-16(21)20-8-2-3-11-4-5-12(9-13(11)20)19-17(22)14-6-7-15(18)24-14/h4-7,9H,2-3,8,10H2,1H3,(H,19,22). The zero-order chi connectivity index (χ0) is 17.1. The van der Waals surface area contributed by atoms with Crippen molar-refractivity contribution in [2.75, 3.05) is 30.5 Å². The summed E-state index contributed by atoms with van der Waals surface area (Å²) in [5.74, 6) is -0.213. The first-order valence-corrected chi connectivity index (χ1v) is 8.36. The normalized spacial score (nSPS) is 13.5. The van der Waals surface area contributed by atoms with Crippen LogP contribution in [-0.4, -0.2) is 32.1 Å². The lowest BCUT2D eigenvalue weighted by Crippen LogP contribution is -2.37. The van der Waals surface area contributed by atoms with Gasteiger partial charge in [-0.2, -0.15) is 0 Å². The molecule has 1 N–H and O–H groups in total. The van der Waals surface area contributed by atoms with Crippen LogP contribution in [0.4, 0.5) is 11.4 Å². The number of aryl methyl sites for hydroxylation is 1. The second kappa shape index (κ2) is 7.19. The zero-order valence-corrected chi connectivity index (χ0v) is 14.8. The molecule has 1 aromatic carbocycles. The summed E-state index contributed by atoms with van der Waals surface area (Å²) in [5, 5.41) is 2.79. The summed E-state index contributed by atoms with van der Waals surface area (Å²) in [6.45, 7) is 0.689. The summed E-state index contributed by atoms with van der Waals surface area (Å²) >= 11 is 3.17. The maximum absolute atomic E-state index is 12.2. The van der Waals surface area contributed by atoms with E-state index in [-0.39, 0.29) is 24.2 Å². The lowest BCUT2D eigenvalue weighted by Gasteiger charge is -2.29. The third kappa shape index (κ3) is 3.52. The maximum atomic E-state index is 12.2. The molecule has 0 fully saturated rings. The van der Waals surface area contributed by atoms with Gasteiger partial charge in [0.05, 0.1) is 0 Å². The fourth-order valence-corrected chi connectivity index (χ4v) is 3.05. The third-order valence-electron chi connectivity index (χ3n) is 3.83. The molecule has 0 saturated carbocycles. The Balaban J connectivity index is 1.82. The number of furan rings is 1. The number of ether oxygens (including phenoxy) is 1. The van der Waals surface area contributed by atoms with E-state index in [9.17, 15) is 9.59 Å². The average Bonchev–Trinajstić information content (AvgIpc) is 3.01. The molecule has 1 aliphatic heterocycles. The first-order valence-electron chi connectivity index (χ1n) is 7.57. The minimum Gasteiger partial charge on any atom is -0.444 e. The largest absolute Gasteiger partial charge is 0.444 e. The zero-order valence-electron chi connectivity index (χ0n) is 13.2.